The Morgan fingerprint density at radius 3 is 2.57 bits per heavy atom. The number of hydrogen-bond donors (Lipinski definition) is 1. The van der Waals surface area contributed by atoms with E-state index in [0.29, 0.717) is 24.3 Å². The van der Waals surface area contributed by atoms with Crippen LogP contribution >= 0.6 is 11.8 Å². The Balaban J connectivity index is 2.17. The van der Waals surface area contributed by atoms with Gasteiger partial charge >= 0.3 is 0 Å². The minimum atomic E-state index is -0.401. The van der Waals surface area contributed by atoms with Crippen molar-refractivity contribution in [3.05, 3.63) is 0 Å². The van der Waals surface area contributed by atoms with Gasteiger partial charge in [-0.2, -0.15) is 11.8 Å². The molecule has 1 heterocycles. The first-order valence-corrected chi connectivity index (χ1v) is 9.24. The molecular formula is C16H28N2O2S. The molecular weight excluding hydrogens is 284 g/mol. The maximum atomic E-state index is 12.9. The van der Waals surface area contributed by atoms with E-state index in [1.54, 1.807) is 0 Å². The molecule has 5 heteroatoms. The van der Waals surface area contributed by atoms with Crippen LogP contribution in [-0.4, -0.2) is 46.8 Å². The molecule has 3 unspecified atom stereocenters. The van der Waals surface area contributed by atoms with Gasteiger partial charge in [-0.3, -0.25) is 9.59 Å². The minimum absolute atomic E-state index is 0.00278. The summed E-state index contributed by atoms with van der Waals surface area (Å²) >= 11 is 1.91. The summed E-state index contributed by atoms with van der Waals surface area (Å²) in [5, 5.41) is 3.58. The van der Waals surface area contributed by atoms with Crippen LogP contribution in [0.15, 0.2) is 0 Å². The highest BCUT2D eigenvalue weighted by Crippen LogP contribution is 2.32. The molecule has 0 radical (unpaired) electrons. The van der Waals surface area contributed by atoms with Crippen molar-refractivity contribution in [2.45, 2.75) is 70.2 Å². The number of carbonyl (C=O) groups excluding carboxylic acids is 2. The molecule has 1 saturated carbocycles. The van der Waals surface area contributed by atoms with E-state index in [9.17, 15) is 9.59 Å². The van der Waals surface area contributed by atoms with E-state index < -0.39 is 6.04 Å². The molecule has 2 amide bonds. The van der Waals surface area contributed by atoms with Crippen molar-refractivity contribution >= 4 is 23.6 Å². The number of amides is 2. The number of nitrogens with zero attached hydrogens (tertiary/aromatic N) is 1. The van der Waals surface area contributed by atoms with Gasteiger partial charge in [0.25, 0.3) is 0 Å². The van der Waals surface area contributed by atoms with Crippen LogP contribution in [-0.2, 0) is 9.59 Å². The SMILES string of the molecule is CSC1CCCC(N2CCC(=O)NC(C(C)(C)C)C2=O)C1. The normalized spacial score (nSPS) is 31.8. The maximum absolute atomic E-state index is 12.9. The fourth-order valence-corrected chi connectivity index (χ4v) is 4.18. The fourth-order valence-electron chi connectivity index (χ4n) is 3.36. The highest BCUT2D eigenvalue weighted by atomic mass is 32.2. The summed E-state index contributed by atoms with van der Waals surface area (Å²) in [6, 6.07) is -0.0941. The van der Waals surface area contributed by atoms with Crippen LogP contribution in [0.3, 0.4) is 0 Å². The van der Waals surface area contributed by atoms with Crippen molar-refractivity contribution in [3.8, 4) is 0 Å². The second kappa shape index (κ2) is 6.59. The van der Waals surface area contributed by atoms with E-state index >= 15 is 0 Å². The number of rotatable bonds is 2. The molecule has 120 valence electrons. The third-order valence-electron chi connectivity index (χ3n) is 4.65. The predicted molar refractivity (Wildman–Crippen MR) is 87.3 cm³/mol. The largest absolute Gasteiger partial charge is 0.344 e. The molecule has 1 aliphatic carbocycles. The van der Waals surface area contributed by atoms with Crippen LogP contribution in [0.5, 0.6) is 0 Å². The molecule has 1 aliphatic heterocycles. The van der Waals surface area contributed by atoms with Crippen LogP contribution < -0.4 is 5.32 Å². The van der Waals surface area contributed by atoms with Gasteiger partial charge in [0.05, 0.1) is 0 Å². The van der Waals surface area contributed by atoms with Crippen LogP contribution in [0.4, 0.5) is 0 Å². The molecule has 0 aromatic rings. The Hall–Kier alpha value is -0.710. The molecule has 1 N–H and O–H groups in total. The van der Waals surface area contributed by atoms with Gasteiger partial charge in [0.15, 0.2) is 0 Å². The second-order valence-electron chi connectivity index (χ2n) is 7.33. The average molecular weight is 312 g/mol. The first-order valence-electron chi connectivity index (χ1n) is 7.95. The zero-order valence-electron chi connectivity index (χ0n) is 13.6. The molecule has 0 spiro atoms. The van der Waals surface area contributed by atoms with E-state index in [0.717, 1.165) is 12.8 Å². The van der Waals surface area contributed by atoms with Crippen molar-refractivity contribution < 1.29 is 9.59 Å². The Bertz CT molecular complexity index is 406. The van der Waals surface area contributed by atoms with Gasteiger partial charge in [-0.15, -0.1) is 0 Å². The van der Waals surface area contributed by atoms with Crippen molar-refractivity contribution in [1.82, 2.24) is 10.2 Å². The Morgan fingerprint density at radius 2 is 1.95 bits per heavy atom. The number of nitrogens with one attached hydrogen (secondary N) is 1. The summed E-state index contributed by atoms with van der Waals surface area (Å²) < 4.78 is 0. The van der Waals surface area contributed by atoms with E-state index in [1.807, 2.05) is 37.4 Å². The molecule has 0 aromatic heterocycles. The standard InChI is InChI=1S/C16H28N2O2S/c1-16(2,3)14-15(20)18(9-8-13(19)17-14)11-6-5-7-12(10-11)21-4/h11-12,14H,5-10H2,1-4H3,(H,17,19). The van der Waals surface area contributed by atoms with E-state index in [1.165, 1.54) is 12.8 Å². The zero-order valence-corrected chi connectivity index (χ0v) is 14.5. The van der Waals surface area contributed by atoms with Crippen LogP contribution in [0.25, 0.3) is 0 Å². The number of carbonyl (C=O) groups is 2. The number of hydrogen-bond acceptors (Lipinski definition) is 3. The summed E-state index contributed by atoms with van der Waals surface area (Å²) in [7, 11) is 0. The molecule has 2 rings (SSSR count). The quantitative estimate of drug-likeness (QED) is 0.852. The number of thioether (sulfide) groups is 1. The molecule has 0 aromatic carbocycles. The van der Waals surface area contributed by atoms with Gasteiger partial charge in [0.2, 0.25) is 11.8 Å². The first-order chi connectivity index (χ1) is 9.82. The predicted octanol–water partition coefficient (Wildman–Crippen LogP) is 2.42. The lowest BCUT2D eigenvalue weighted by molar-refractivity contribution is -0.139. The van der Waals surface area contributed by atoms with E-state index in [-0.39, 0.29) is 17.2 Å². The third kappa shape index (κ3) is 3.93. The van der Waals surface area contributed by atoms with E-state index in [4.69, 9.17) is 0 Å². The summed E-state index contributed by atoms with van der Waals surface area (Å²) in [5.74, 6) is 0.114. The van der Waals surface area contributed by atoms with Crippen LogP contribution in [0.1, 0.15) is 52.9 Å². The Morgan fingerprint density at radius 1 is 1.24 bits per heavy atom. The molecule has 2 fully saturated rings. The van der Waals surface area contributed by atoms with Gasteiger partial charge in [-0.1, -0.05) is 27.2 Å². The minimum Gasteiger partial charge on any atom is -0.344 e. The van der Waals surface area contributed by atoms with Crippen LogP contribution in [0.2, 0.25) is 0 Å². The van der Waals surface area contributed by atoms with Gasteiger partial charge < -0.3 is 10.2 Å². The lowest BCUT2D eigenvalue weighted by Gasteiger charge is -2.39. The van der Waals surface area contributed by atoms with Gasteiger partial charge in [-0.25, -0.2) is 0 Å². The van der Waals surface area contributed by atoms with Gasteiger partial charge in [0.1, 0.15) is 6.04 Å². The average Bonchev–Trinajstić information content (AvgIpc) is 2.58. The summed E-state index contributed by atoms with van der Waals surface area (Å²) in [6.07, 6.45) is 7.16. The lowest BCUT2D eigenvalue weighted by atomic mass is 9.85. The summed E-state index contributed by atoms with van der Waals surface area (Å²) in [6.45, 7) is 6.63. The maximum Gasteiger partial charge on any atom is 0.245 e. The Kier molecular flexibility index (Phi) is 5.23. The summed E-state index contributed by atoms with van der Waals surface area (Å²) in [5.41, 5.74) is -0.247. The molecule has 2 aliphatic rings. The molecule has 1 saturated heterocycles. The van der Waals surface area contributed by atoms with E-state index in [2.05, 4.69) is 11.6 Å². The molecule has 3 atom stereocenters. The fraction of sp³-hybridized carbons (Fsp3) is 0.875. The molecule has 0 bridgehead atoms. The lowest BCUT2D eigenvalue weighted by Crippen LogP contribution is -2.54. The topological polar surface area (TPSA) is 49.4 Å². The molecule has 21 heavy (non-hydrogen) atoms. The monoisotopic (exact) mass is 312 g/mol. The van der Waals surface area contributed by atoms with Gasteiger partial charge in [-0.05, 0) is 30.9 Å². The molecule has 4 nitrogen and oxygen atoms in total. The Labute approximate surface area is 132 Å². The smallest absolute Gasteiger partial charge is 0.245 e. The highest BCUT2D eigenvalue weighted by molar-refractivity contribution is 7.99. The third-order valence-corrected chi connectivity index (χ3v) is 5.75. The van der Waals surface area contributed by atoms with Crippen molar-refractivity contribution in [2.75, 3.05) is 12.8 Å². The second-order valence-corrected chi connectivity index (χ2v) is 8.46. The van der Waals surface area contributed by atoms with Crippen molar-refractivity contribution in [2.24, 2.45) is 5.41 Å². The van der Waals surface area contributed by atoms with Crippen molar-refractivity contribution in [3.63, 3.8) is 0 Å². The van der Waals surface area contributed by atoms with Crippen LogP contribution in [0, 0.1) is 5.41 Å². The van der Waals surface area contributed by atoms with Gasteiger partial charge in [0, 0.05) is 24.3 Å². The zero-order chi connectivity index (χ0) is 15.6. The summed E-state index contributed by atoms with van der Waals surface area (Å²) in [4.78, 5) is 26.9. The first kappa shape index (κ1) is 16.7. The van der Waals surface area contributed by atoms with Crippen molar-refractivity contribution in [1.29, 1.82) is 0 Å². The highest BCUT2D eigenvalue weighted by Gasteiger charge is 2.40.